The summed E-state index contributed by atoms with van der Waals surface area (Å²) >= 11 is 0. The van der Waals surface area contributed by atoms with Gasteiger partial charge in [-0.2, -0.15) is 0 Å². The third kappa shape index (κ3) is 2.55. The number of hydrogen-bond donors (Lipinski definition) is 2. The first-order valence-corrected chi connectivity index (χ1v) is 6.74. The fraction of sp³-hybridized carbons (Fsp3) is 0.643. The zero-order valence-corrected chi connectivity index (χ0v) is 12.3. The fourth-order valence-electron chi connectivity index (χ4n) is 2.95. The van der Waals surface area contributed by atoms with E-state index >= 15 is 0 Å². The molecule has 1 fully saturated rings. The molecule has 20 heavy (non-hydrogen) atoms. The molecule has 6 heteroatoms. The number of rotatable bonds is 4. The van der Waals surface area contributed by atoms with Gasteiger partial charge in [-0.05, 0) is 25.7 Å². The maximum atomic E-state index is 12.2. The lowest BCUT2D eigenvalue weighted by molar-refractivity contribution is -0.137. The van der Waals surface area contributed by atoms with Crippen LogP contribution in [0.15, 0.2) is 15.7 Å². The van der Waals surface area contributed by atoms with Crippen LogP contribution in [0, 0.1) is 24.2 Å². The minimum atomic E-state index is -0.194. The monoisotopic (exact) mass is 279 g/mol. The van der Waals surface area contributed by atoms with Gasteiger partial charge in [-0.15, -0.1) is 0 Å². The summed E-state index contributed by atoms with van der Waals surface area (Å²) in [4.78, 5) is 12.2. The molecule has 1 aliphatic rings. The number of amides is 1. The average molecular weight is 279 g/mol. The summed E-state index contributed by atoms with van der Waals surface area (Å²) in [6.45, 7) is 8.04. The summed E-state index contributed by atoms with van der Waals surface area (Å²) < 4.78 is 4.96. The number of aryl methyl sites for hydroxylation is 1. The van der Waals surface area contributed by atoms with Crippen LogP contribution in [0.2, 0.25) is 0 Å². The predicted octanol–water partition coefficient (Wildman–Crippen LogP) is 2.11. The number of carbonyl (C=O) groups is 1. The third-order valence-electron chi connectivity index (χ3n) is 4.37. The lowest BCUT2D eigenvalue weighted by Crippen LogP contribution is -2.54. The van der Waals surface area contributed by atoms with Crippen molar-refractivity contribution in [1.29, 1.82) is 0 Å². The van der Waals surface area contributed by atoms with E-state index in [0.29, 0.717) is 18.7 Å². The molecule has 1 aromatic heterocycles. The molecule has 2 atom stereocenters. The molecule has 1 aromatic rings. The van der Waals surface area contributed by atoms with Crippen LogP contribution < -0.4 is 5.32 Å². The largest absolute Gasteiger partial charge is 0.411 e. The second-order valence-corrected chi connectivity index (χ2v) is 6.05. The standard InChI is InChI=1S/C14H21N3O3/c1-8-5-10(17-20-8)7-15-13(18)12-6-11(9(2)16-19)14(12,3)4/h5,11-12,19H,6-7H2,1-4H3,(H,15,18). The number of oxime groups is 1. The summed E-state index contributed by atoms with van der Waals surface area (Å²) in [5.41, 5.74) is 1.21. The topological polar surface area (TPSA) is 87.7 Å². The van der Waals surface area contributed by atoms with Crippen molar-refractivity contribution in [2.75, 3.05) is 0 Å². The van der Waals surface area contributed by atoms with Crippen molar-refractivity contribution in [2.45, 2.75) is 40.7 Å². The lowest BCUT2D eigenvalue weighted by atomic mass is 9.53. The highest BCUT2D eigenvalue weighted by molar-refractivity contribution is 5.89. The molecule has 1 saturated carbocycles. The van der Waals surface area contributed by atoms with Crippen LogP contribution in [0.25, 0.3) is 0 Å². The first-order valence-electron chi connectivity index (χ1n) is 6.74. The zero-order valence-electron chi connectivity index (χ0n) is 12.3. The molecule has 2 N–H and O–H groups in total. The van der Waals surface area contributed by atoms with Gasteiger partial charge in [0, 0.05) is 17.9 Å². The van der Waals surface area contributed by atoms with E-state index in [4.69, 9.17) is 9.73 Å². The van der Waals surface area contributed by atoms with E-state index in [-0.39, 0.29) is 23.2 Å². The van der Waals surface area contributed by atoms with Crippen molar-refractivity contribution in [3.63, 3.8) is 0 Å². The van der Waals surface area contributed by atoms with Crippen LogP contribution in [0.3, 0.4) is 0 Å². The highest BCUT2D eigenvalue weighted by Gasteiger charge is 2.52. The molecular weight excluding hydrogens is 258 g/mol. The highest BCUT2D eigenvalue weighted by Crippen LogP contribution is 2.51. The van der Waals surface area contributed by atoms with Gasteiger partial charge in [0.25, 0.3) is 0 Å². The first kappa shape index (κ1) is 14.6. The van der Waals surface area contributed by atoms with Gasteiger partial charge in [0.15, 0.2) is 0 Å². The van der Waals surface area contributed by atoms with Gasteiger partial charge in [0.2, 0.25) is 5.91 Å². The average Bonchev–Trinajstić information content (AvgIpc) is 2.80. The Hall–Kier alpha value is -1.85. The minimum absolute atomic E-state index is 0.0117. The predicted molar refractivity (Wildman–Crippen MR) is 73.4 cm³/mol. The molecule has 6 nitrogen and oxygen atoms in total. The molecule has 0 saturated heterocycles. The van der Waals surface area contributed by atoms with Gasteiger partial charge in [0.1, 0.15) is 11.5 Å². The minimum Gasteiger partial charge on any atom is -0.411 e. The molecule has 0 radical (unpaired) electrons. The Labute approximate surface area is 118 Å². The van der Waals surface area contributed by atoms with Crippen LogP contribution in [0.4, 0.5) is 0 Å². The molecule has 1 aliphatic carbocycles. The SMILES string of the molecule is CC(=NO)C1CC(C(=O)NCc2cc(C)on2)C1(C)C. The van der Waals surface area contributed by atoms with Crippen molar-refractivity contribution < 1.29 is 14.5 Å². The van der Waals surface area contributed by atoms with Crippen molar-refractivity contribution in [2.24, 2.45) is 22.4 Å². The Morgan fingerprint density at radius 1 is 1.60 bits per heavy atom. The molecule has 1 amide bonds. The Balaban J connectivity index is 1.91. The van der Waals surface area contributed by atoms with E-state index in [0.717, 1.165) is 11.5 Å². The molecule has 0 spiro atoms. The summed E-state index contributed by atoms with van der Waals surface area (Å²) in [5.74, 6) is 0.820. The summed E-state index contributed by atoms with van der Waals surface area (Å²) in [6, 6.07) is 1.80. The Kier molecular flexibility index (Phi) is 3.83. The van der Waals surface area contributed by atoms with Crippen LogP contribution in [-0.2, 0) is 11.3 Å². The second-order valence-electron chi connectivity index (χ2n) is 6.05. The number of aromatic nitrogens is 1. The quantitative estimate of drug-likeness (QED) is 0.502. The van der Waals surface area contributed by atoms with E-state index in [1.807, 2.05) is 20.8 Å². The molecule has 110 valence electrons. The van der Waals surface area contributed by atoms with Crippen molar-refractivity contribution in [1.82, 2.24) is 10.5 Å². The smallest absolute Gasteiger partial charge is 0.224 e. The fourth-order valence-corrected chi connectivity index (χ4v) is 2.95. The Morgan fingerprint density at radius 2 is 2.30 bits per heavy atom. The molecule has 2 unspecified atom stereocenters. The van der Waals surface area contributed by atoms with E-state index in [2.05, 4.69) is 15.6 Å². The van der Waals surface area contributed by atoms with E-state index < -0.39 is 0 Å². The highest BCUT2D eigenvalue weighted by atomic mass is 16.5. The van der Waals surface area contributed by atoms with Crippen molar-refractivity contribution in [3.05, 3.63) is 17.5 Å². The van der Waals surface area contributed by atoms with Gasteiger partial charge >= 0.3 is 0 Å². The lowest BCUT2D eigenvalue weighted by Gasteiger charge is -2.50. The van der Waals surface area contributed by atoms with Crippen LogP contribution in [-0.4, -0.2) is 22.0 Å². The third-order valence-corrected chi connectivity index (χ3v) is 4.37. The number of nitrogens with one attached hydrogen (secondary N) is 1. The number of carbonyl (C=O) groups excluding carboxylic acids is 1. The molecule has 1 heterocycles. The van der Waals surface area contributed by atoms with Crippen molar-refractivity contribution in [3.8, 4) is 0 Å². The van der Waals surface area contributed by atoms with Gasteiger partial charge in [-0.1, -0.05) is 24.2 Å². The van der Waals surface area contributed by atoms with Crippen LogP contribution >= 0.6 is 0 Å². The van der Waals surface area contributed by atoms with Gasteiger partial charge in [-0.25, -0.2) is 0 Å². The maximum Gasteiger partial charge on any atom is 0.224 e. The van der Waals surface area contributed by atoms with Gasteiger partial charge < -0.3 is 15.0 Å². The van der Waals surface area contributed by atoms with E-state index in [1.165, 1.54) is 0 Å². The summed E-state index contributed by atoms with van der Waals surface area (Å²) in [5, 5.41) is 18.8. The normalized spacial score (nSPS) is 25.1. The second kappa shape index (κ2) is 5.26. The zero-order chi connectivity index (χ0) is 14.9. The van der Waals surface area contributed by atoms with Gasteiger partial charge in [-0.3, -0.25) is 4.79 Å². The van der Waals surface area contributed by atoms with Crippen LogP contribution in [0.1, 0.15) is 38.6 Å². The van der Waals surface area contributed by atoms with Crippen molar-refractivity contribution >= 4 is 11.6 Å². The molecule has 0 aromatic carbocycles. The molecule has 0 bridgehead atoms. The Bertz CT molecular complexity index is 534. The first-order chi connectivity index (χ1) is 9.36. The maximum absolute atomic E-state index is 12.2. The molecular formula is C14H21N3O3. The molecule has 0 aliphatic heterocycles. The Morgan fingerprint density at radius 3 is 2.80 bits per heavy atom. The summed E-state index contributed by atoms with van der Waals surface area (Å²) in [6.07, 6.45) is 0.715. The number of hydrogen-bond acceptors (Lipinski definition) is 5. The number of nitrogens with zero attached hydrogens (tertiary/aromatic N) is 2. The van der Waals surface area contributed by atoms with Crippen LogP contribution in [0.5, 0.6) is 0 Å². The molecule has 2 rings (SSSR count). The van der Waals surface area contributed by atoms with Gasteiger partial charge in [0.05, 0.1) is 12.3 Å². The summed E-state index contributed by atoms with van der Waals surface area (Å²) in [7, 11) is 0. The van der Waals surface area contributed by atoms with E-state index in [9.17, 15) is 4.79 Å². The van der Waals surface area contributed by atoms with E-state index in [1.54, 1.807) is 13.0 Å².